The Labute approximate surface area is 173 Å². The number of nitrogens with one attached hydrogen (secondary N) is 2. The fraction of sp³-hybridized carbons (Fsp3) is 0.474. The van der Waals surface area contributed by atoms with Gasteiger partial charge in [0.25, 0.3) is 0 Å². The molecule has 0 radical (unpaired) electrons. The molecule has 0 saturated carbocycles. The van der Waals surface area contributed by atoms with Gasteiger partial charge >= 0.3 is 0 Å². The molecule has 0 atom stereocenters. The van der Waals surface area contributed by atoms with E-state index in [0.717, 1.165) is 51.6 Å². The Morgan fingerprint density at radius 1 is 1.19 bits per heavy atom. The van der Waals surface area contributed by atoms with E-state index in [1.54, 1.807) is 13.2 Å². The quantitative estimate of drug-likeness (QED) is 0.242. The van der Waals surface area contributed by atoms with Crippen LogP contribution < -0.4 is 10.6 Å². The molecule has 144 valence electrons. The Morgan fingerprint density at radius 2 is 2.04 bits per heavy atom. The summed E-state index contributed by atoms with van der Waals surface area (Å²) in [6.45, 7) is 6.06. The molecule has 0 unspecified atom stereocenters. The highest BCUT2D eigenvalue weighted by Gasteiger charge is 2.01. The van der Waals surface area contributed by atoms with Crippen LogP contribution in [-0.2, 0) is 17.8 Å². The summed E-state index contributed by atoms with van der Waals surface area (Å²) in [7, 11) is 1.80. The van der Waals surface area contributed by atoms with Crippen molar-refractivity contribution in [3.8, 4) is 0 Å². The van der Waals surface area contributed by atoms with E-state index in [2.05, 4.69) is 45.0 Å². The maximum atomic E-state index is 5.34. The highest BCUT2D eigenvalue weighted by molar-refractivity contribution is 14.0. The van der Waals surface area contributed by atoms with E-state index in [1.165, 1.54) is 11.1 Å². The lowest BCUT2D eigenvalue weighted by molar-refractivity contribution is 0.143. The molecule has 0 spiro atoms. The van der Waals surface area contributed by atoms with Crippen LogP contribution >= 0.6 is 24.0 Å². The molecule has 1 heterocycles. The second-order valence-corrected chi connectivity index (χ2v) is 5.78. The number of unbranched alkanes of at least 4 members (excludes halogenated alkanes) is 1. The predicted octanol–water partition coefficient (Wildman–Crippen LogP) is 3.03. The lowest BCUT2D eigenvalue weighted by Crippen LogP contribution is -2.37. The second kappa shape index (κ2) is 13.6. The smallest absolute Gasteiger partial charge is 0.191 e. The van der Waals surface area contributed by atoms with Crippen LogP contribution in [0.3, 0.4) is 0 Å². The third kappa shape index (κ3) is 8.66. The second-order valence-electron chi connectivity index (χ2n) is 5.78. The van der Waals surface area contributed by atoms with Crippen molar-refractivity contribution < 1.29 is 4.74 Å². The van der Waals surface area contributed by atoms with Gasteiger partial charge in [-0.2, -0.15) is 5.10 Å². The fourth-order valence-electron chi connectivity index (χ4n) is 2.51. The van der Waals surface area contributed by atoms with Crippen LogP contribution in [0.25, 0.3) is 0 Å². The number of nitrogens with zero attached hydrogens (tertiary/aromatic N) is 3. The molecular formula is C19H30IN5O. The summed E-state index contributed by atoms with van der Waals surface area (Å²) in [6, 6.07) is 10.5. The van der Waals surface area contributed by atoms with Gasteiger partial charge in [-0.25, -0.2) is 0 Å². The maximum absolute atomic E-state index is 5.34. The van der Waals surface area contributed by atoms with E-state index in [0.29, 0.717) is 0 Å². The third-order valence-electron chi connectivity index (χ3n) is 3.79. The fourth-order valence-corrected chi connectivity index (χ4v) is 2.51. The van der Waals surface area contributed by atoms with Crippen molar-refractivity contribution in [1.29, 1.82) is 0 Å². The number of halogens is 1. The van der Waals surface area contributed by atoms with Crippen LogP contribution in [0.5, 0.6) is 0 Å². The molecule has 0 fully saturated rings. The number of aliphatic imine (C=N–C) groups is 1. The summed E-state index contributed by atoms with van der Waals surface area (Å²) >= 11 is 0. The first-order valence-corrected chi connectivity index (χ1v) is 8.89. The molecule has 0 amide bonds. The van der Waals surface area contributed by atoms with Crippen LogP contribution in [0.4, 0.5) is 0 Å². The molecule has 7 heteroatoms. The minimum absolute atomic E-state index is 0. The van der Waals surface area contributed by atoms with Gasteiger partial charge in [0.1, 0.15) is 0 Å². The maximum Gasteiger partial charge on any atom is 0.191 e. The minimum atomic E-state index is 0. The Balaban J connectivity index is 0.00000338. The first-order chi connectivity index (χ1) is 12.3. The van der Waals surface area contributed by atoms with Crippen molar-refractivity contribution in [3.05, 3.63) is 53.9 Å². The van der Waals surface area contributed by atoms with Crippen LogP contribution in [0.1, 0.15) is 30.9 Å². The largest absolute Gasteiger partial charge is 0.382 e. The number of rotatable bonds is 10. The lowest BCUT2D eigenvalue weighted by Gasteiger charge is -2.12. The molecule has 0 aliphatic carbocycles. The number of hydrogen-bond acceptors (Lipinski definition) is 3. The summed E-state index contributed by atoms with van der Waals surface area (Å²) in [4.78, 5) is 4.27. The van der Waals surface area contributed by atoms with Gasteiger partial charge in [-0.05, 0) is 37.0 Å². The van der Waals surface area contributed by atoms with Gasteiger partial charge in [0.2, 0.25) is 0 Å². The van der Waals surface area contributed by atoms with Crippen molar-refractivity contribution in [2.24, 2.45) is 4.99 Å². The zero-order chi connectivity index (χ0) is 17.7. The van der Waals surface area contributed by atoms with Crippen LogP contribution in [0.2, 0.25) is 0 Å². The molecular weight excluding hydrogens is 441 g/mol. The summed E-state index contributed by atoms with van der Waals surface area (Å²) in [5.41, 5.74) is 2.46. The van der Waals surface area contributed by atoms with E-state index < -0.39 is 0 Å². The lowest BCUT2D eigenvalue weighted by atomic mass is 10.1. The minimum Gasteiger partial charge on any atom is -0.382 e. The molecule has 0 aliphatic heterocycles. The Kier molecular flexibility index (Phi) is 11.7. The van der Waals surface area contributed by atoms with E-state index in [1.807, 2.05) is 23.9 Å². The Morgan fingerprint density at radius 3 is 2.77 bits per heavy atom. The third-order valence-corrected chi connectivity index (χ3v) is 3.79. The van der Waals surface area contributed by atoms with Crippen LogP contribution in [-0.4, -0.2) is 42.5 Å². The summed E-state index contributed by atoms with van der Waals surface area (Å²) in [5, 5.41) is 10.9. The van der Waals surface area contributed by atoms with E-state index in [9.17, 15) is 0 Å². The molecule has 1 aromatic heterocycles. The monoisotopic (exact) mass is 471 g/mol. The zero-order valence-electron chi connectivity index (χ0n) is 15.6. The number of benzene rings is 1. The number of hydrogen-bond donors (Lipinski definition) is 2. The Bertz CT molecular complexity index is 631. The highest BCUT2D eigenvalue weighted by atomic mass is 127. The molecule has 2 aromatic rings. The van der Waals surface area contributed by atoms with Crippen LogP contribution in [0.15, 0.2) is 47.7 Å². The van der Waals surface area contributed by atoms with E-state index in [-0.39, 0.29) is 24.0 Å². The molecule has 6 nitrogen and oxygen atoms in total. The van der Waals surface area contributed by atoms with Crippen molar-refractivity contribution >= 4 is 29.9 Å². The number of aromatic nitrogens is 2. The SMILES string of the molecule is CCOCCCCNC(=NC)NCc1cccc(Cn2cccn2)c1.I. The number of ether oxygens (including phenoxy) is 1. The predicted molar refractivity (Wildman–Crippen MR) is 117 cm³/mol. The number of guanidine groups is 1. The summed E-state index contributed by atoms with van der Waals surface area (Å²) < 4.78 is 7.27. The van der Waals surface area contributed by atoms with Crippen molar-refractivity contribution in [2.45, 2.75) is 32.9 Å². The van der Waals surface area contributed by atoms with Crippen molar-refractivity contribution in [1.82, 2.24) is 20.4 Å². The molecule has 0 aliphatic rings. The van der Waals surface area contributed by atoms with E-state index >= 15 is 0 Å². The molecule has 0 saturated heterocycles. The van der Waals surface area contributed by atoms with Gasteiger partial charge in [0.05, 0.1) is 6.54 Å². The first kappa shape index (κ1) is 22.4. The first-order valence-electron chi connectivity index (χ1n) is 8.89. The molecule has 26 heavy (non-hydrogen) atoms. The molecule has 2 N–H and O–H groups in total. The standard InChI is InChI=1S/C19H29N5O.HI/c1-3-25-13-5-4-10-21-19(20-2)22-15-17-8-6-9-18(14-17)16-24-12-7-11-23-24;/h6-9,11-12,14H,3-5,10,13,15-16H2,1-2H3,(H2,20,21,22);1H. The molecule has 1 aromatic carbocycles. The van der Waals surface area contributed by atoms with Gasteiger partial charge in [0.15, 0.2) is 5.96 Å². The van der Waals surface area contributed by atoms with Crippen molar-refractivity contribution in [2.75, 3.05) is 26.8 Å². The normalized spacial score (nSPS) is 11.1. The zero-order valence-corrected chi connectivity index (χ0v) is 18.0. The van der Waals surface area contributed by atoms with Gasteiger partial charge in [0, 0.05) is 45.7 Å². The van der Waals surface area contributed by atoms with Gasteiger partial charge in [-0.1, -0.05) is 24.3 Å². The summed E-state index contributed by atoms with van der Waals surface area (Å²) in [6.07, 6.45) is 5.91. The Hall–Kier alpha value is -1.61. The van der Waals surface area contributed by atoms with Gasteiger partial charge in [-0.15, -0.1) is 24.0 Å². The van der Waals surface area contributed by atoms with Gasteiger partial charge < -0.3 is 15.4 Å². The van der Waals surface area contributed by atoms with Crippen molar-refractivity contribution in [3.63, 3.8) is 0 Å². The average Bonchev–Trinajstić information content (AvgIpc) is 3.14. The average molecular weight is 471 g/mol. The molecule has 2 rings (SSSR count). The van der Waals surface area contributed by atoms with Crippen LogP contribution in [0, 0.1) is 0 Å². The topological polar surface area (TPSA) is 63.5 Å². The summed E-state index contributed by atoms with van der Waals surface area (Å²) in [5.74, 6) is 0.828. The highest BCUT2D eigenvalue weighted by Crippen LogP contribution is 2.07. The molecule has 0 bridgehead atoms. The van der Waals surface area contributed by atoms with E-state index in [4.69, 9.17) is 4.74 Å². The van der Waals surface area contributed by atoms with Gasteiger partial charge in [-0.3, -0.25) is 9.67 Å².